The number of hydrogen-bond acceptors (Lipinski definition) is 1. The summed E-state index contributed by atoms with van der Waals surface area (Å²) in [6, 6.07) is 10.8. The summed E-state index contributed by atoms with van der Waals surface area (Å²) >= 11 is 0. The average molecular weight is 219 g/mol. The molecule has 0 spiro atoms. The van der Waals surface area contributed by atoms with Gasteiger partial charge in [0.2, 0.25) is 0 Å². The summed E-state index contributed by atoms with van der Waals surface area (Å²) in [6.45, 7) is 10.2. The molecule has 0 saturated carbocycles. The van der Waals surface area contributed by atoms with Gasteiger partial charge in [-0.25, -0.2) is 0 Å². The molecule has 1 aromatic rings. The summed E-state index contributed by atoms with van der Waals surface area (Å²) in [5.41, 5.74) is 1.72. The van der Waals surface area contributed by atoms with Crippen LogP contribution in [0.2, 0.25) is 0 Å². The molecule has 1 heteroatoms. The second-order valence-corrected chi connectivity index (χ2v) is 5.26. The van der Waals surface area contributed by atoms with Gasteiger partial charge in [-0.3, -0.25) is 0 Å². The molecule has 0 fully saturated rings. The molecule has 1 atom stereocenters. The van der Waals surface area contributed by atoms with E-state index in [9.17, 15) is 0 Å². The molecule has 0 amide bonds. The van der Waals surface area contributed by atoms with Gasteiger partial charge in [-0.1, -0.05) is 44.2 Å². The lowest BCUT2D eigenvalue weighted by Gasteiger charge is -2.25. The van der Waals surface area contributed by atoms with E-state index in [2.05, 4.69) is 63.3 Å². The quantitative estimate of drug-likeness (QED) is 0.763. The van der Waals surface area contributed by atoms with Gasteiger partial charge in [-0.15, -0.1) is 0 Å². The van der Waals surface area contributed by atoms with Gasteiger partial charge in [-0.2, -0.15) is 0 Å². The normalized spacial score (nSPS) is 13.8. The highest BCUT2D eigenvalue weighted by Crippen LogP contribution is 2.18. The maximum atomic E-state index is 3.61. The second kappa shape index (κ2) is 6.05. The van der Waals surface area contributed by atoms with Gasteiger partial charge in [0, 0.05) is 5.54 Å². The minimum atomic E-state index is 0.274. The van der Waals surface area contributed by atoms with Gasteiger partial charge in [0.15, 0.2) is 0 Å². The van der Waals surface area contributed by atoms with Gasteiger partial charge >= 0.3 is 0 Å². The van der Waals surface area contributed by atoms with Crippen molar-refractivity contribution in [2.45, 2.75) is 52.0 Å². The van der Waals surface area contributed by atoms with Crippen LogP contribution in [0.4, 0.5) is 0 Å². The van der Waals surface area contributed by atoms with Crippen LogP contribution in [0.25, 0.3) is 0 Å². The van der Waals surface area contributed by atoms with Gasteiger partial charge in [0.25, 0.3) is 0 Å². The molecule has 0 radical (unpaired) electrons. The number of rotatable bonds is 6. The summed E-state index contributed by atoms with van der Waals surface area (Å²) < 4.78 is 0. The highest BCUT2D eigenvalue weighted by Gasteiger charge is 2.13. The van der Waals surface area contributed by atoms with Crippen LogP contribution >= 0.6 is 0 Å². The largest absolute Gasteiger partial charge is 0.312 e. The van der Waals surface area contributed by atoms with Crippen molar-refractivity contribution in [2.24, 2.45) is 0 Å². The van der Waals surface area contributed by atoms with E-state index in [1.54, 1.807) is 0 Å². The van der Waals surface area contributed by atoms with Crippen LogP contribution in [-0.2, 0) is 0 Å². The average Bonchev–Trinajstić information content (AvgIpc) is 2.30. The van der Waals surface area contributed by atoms with Crippen LogP contribution < -0.4 is 5.32 Å². The first-order chi connectivity index (χ1) is 7.55. The Hall–Kier alpha value is -0.820. The molecule has 0 aromatic heterocycles. The maximum absolute atomic E-state index is 3.61. The van der Waals surface area contributed by atoms with E-state index in [0.717, 1.165) is 6.54 Å². The van der Waals surface area contributed by atoms with E-state index in [-0.39, 0.29) is 5.54 Å². The first-order valence-electron chi connectivity index (χ1n) is 6.35. The van der Waals surface area contributed by atoms with Crippen LogP contribution in [0, 0.1) is 0 Å². The molecule has 1 aromatic carbocycles. The molecule has 1 unspecified atom stereocenters. The minimum absolute atomic E-state index is 0.274. The van der Waals surface area contributed by atoms with Gasteiger partial charge in [0.1, 0.15) is 0 Å². The van der Waals surface area contributed by atoms with Crippen LogP contribution in [0.5, 0.6) is 0 Å². The Labute approximate surface area is 100 Å². The van der Waals surface area contributed by atoms with E-state index in [4.69, 9.17) is 0 Å². The van der Waals surface area contributed by atoms with Crippen LogP contribution in [0.1, 0.15) is 52.0 Å². The first kappa shape index (κ1) is 13.2. The van der Waals surface area contributed by atoms with Gasteiger partial charge in [0.05, 0.1) is 0 Å². The molecule has 0 aliphatic carbocycles. The first-order valence-corrected chi connectivity index (χ1v) is 6.35. The molecule has 1 N–H and O–H groups in total. The Morgan fingerprint density at radius 2 is 1.81 bits per heavy atom. The fourth-order valence-electron chi connectivity index (χ4n) is 1.70. The third-order valence-electron chi connectivity index (χ3n) is 3.43. The van der Waals surface area contributed by atoms with E-state index in [1.807, 2.05) is 0 Å². The lowest BCUT2D eigenvalue weighted by atomic mass is 9.96. The fourth-order valence-corrected chi connectivity index (χ4v) is 1.70. The number of benzene rings is 1. The van der Waals surface area contributed by atoms with Crippen molar-refractivity contribution in [1.82, 2.24) is 5.32 Å². The number of hydrogen-bond donors (Lipinski definition) is 1. The molecule has 0 heterocycles. The van der Waals surface area contributed by atoms with Crippen LogP contribution in [0.3, 0.4) is 0 Å². The van der Waals surface area contributed by atoms with Crippen molar-refractivity contribution in [1.29, 1.82) is 0 Å². The van der Waals surface area contributed by atoms with Gasteiger partial charge < -0.3 is 5.32 Å². The molecular weight excluding hydrogens is 194 g/mol. The Bertz CT molecular complexity index is 290. The zero-order valence-corrected chi connectivity index (χ0v) is 11.1. The van der Waals surface area contributed by atoms with E-state index >= 15 is 0 Å². The minimum Gasteiger partial charge on any atom is -0.312 e. The predicted octanol–water partition coefficient (Wildman–Crippen LogP) is 3.96. The molecule has 1 rings (SSSR count). The molecule has 0 saturated heterocycles. The maximum Gasteiger partial charge on any atom is 0.0122 e. The summed E-state index contributed by atoms with van der Waals surface area (Å²) in [4.78, 5) is 0. The zero-order valence-electron chi connectivity index (χ0n) is 11.1. The van der Waals surface area contributed by atoms with Crippen molar-refractivity contribution >= 4 is 0 Å². The molecule has 0 aliphatic heterocycles. The standard InChI is InChI=1S/C15H25N/c1-5-15(3,4)16-12-11-13(2)14-9-7-6-8-10-14/h6-10,13,16H,5,11-12H2,1-4H3. The zero-order chi connectivity index (χ0) is 12.0. The third kappa shape index (κ3) is 4.36. The van der Waals surface area contributed by atoms with Crippen molar-refractivity contribution in [3.63, 3.8) is 0 Å². The molecule has 1 nitrogen and oxygen atoms in total. The lowest BCUT2D eigenvalue weighted by molar-refractivity contribution is 0.369. The molecular formula is C15H25N. The predicted molar refractivity (Wildman–Crippen MR) is 71.8 cm³/mol. The van der Waals surface area contributed by atoms with Gasteiger partial charge in [-0.05, 0) is 44.7 Å². The summed E-state index contributed by atoms with van der Waals surface area (Å²) in [7, 11) is 0. The molecule has 0 aliphatic rings. The van der Waals surface area contributed by atoms with E-state index in [0.29, 0.717) is 5.92 Å². The van der Waals surface area contributed by atoms with Crippen molar-refractivity contribution < 1.29 is 0 Å². The Kier molecular flexibility index (Phi) is 5.01. The highest BCUT2D eigenvalue weighted by atomic mass is 14.9. The molecule has 0 bridgehead atoms. The Balaban J connectivity index is 2.34. The topological polar surface area (TPSA) is 12.0 Å². The molecule has 16 heavy (non-hydrogen) atoms. The number of nitrogens with one attached hydrogen (secondary N) is 1. The second-order valence-electron chi connectivity index (χ2n) is 5.26. The summed E-state index contributed by atoms with van der Waals surface area (Å²) in [6.07, 6.45) is 2.38. The lowest BCUT2D eigenvalue weighted by Crippen LogP contribution is -2.39. The van der Waals surface area contributed by atoms with Crippen LogP contribution in [-0.4, -0.2) is 12.1 Å². The van der Waals surface area contributed by atoms with E-state index < -0.39 is 0 Å². The third-order valence-corrected chi connectivity index (χ3v) is 3.43. The van der Waals surface area contributed by atoms with Crippen molar-refractivity contribution in [3.8, 4) is 0 Å². The Morgan fingerprint density at radius 1 is 1.19 bits per heavy atom. The van der Waals surface area contributed by atoms with Crippen LogP contribution in [0.15, 0.2) is 30.3 Å². The van der Waals surface area contributed by atoms with Crippen molar-refractivity contribution in [3.05, 3.63) is 35.9 Å². The summed E-state index contributed by atoms with van der Waals surface area (Å²) in [5, 5.41) is 3.61. The summed E-state index contributed by atoms with van der Waals surface area (Å²) in [5.74, 6) is 0.640. The van der Waals surface area contributed by atoms with E-state index in [1.165, 1.54) is 18.4 Å². The highest BCUT2D eigenvalue weighted by molar-refractivity contribution is 5.18. The monoisotopic (exact) mass is 219 g/mol. The SMILES string of the molecule is CCC(C)(C)NCCC(C)c1ccccc1. The van der Waals surface area contributed by atoms with Crippen molar-refractivity contribution in [2.75, 3.05) is 6.54 Å². The Morgan fingerprint density at radius 3 is 2.38 bits per heavy atom. The molecule has 90 valence electrons. The fraction of sp³-hybridized carbons (Fsp3) is 0.600. The smallest absolute Gasteiger partial charge is 0.0122 e.